The number of carbonyl (C=O) groups is 2. The number of nitrogens with one attached hydrogen (secondary N) is 1. The maximum absolute atomic E-state index is 12.9. The maximum atomic E-state index is 12.9. The number of hydrogen-bond acceptors (Lipinski definition) is 9. The molecular formula is C27H29N7O5. The number of anilines is 1. The normalized spacial score (nSPS) is 24.3. The van der Waals surface area contributed by atoms with Crippen LogP contribution in [0.2, 0.25) is 0 Å². The molecule has 6 rings (SSSR count). The van der Waals surface area contributed by atoms with Gasteiger partial charge in [0.15, 0.2) is 23.8 Å². The van der Waals surface area contributed by atoms with Crippen LogP contribution in [-0.4, -0.2) is 83.4 Å². The van der Waals surface area contributed by atoms with Gasteiger partial charge in [-0.2, -0.15) is 0 Å². The summed E-state index contributed by atoms with van der Waals surface area (Å²) in [5.74, 6) is 5.62. The Balaban J connectivity index is 1.20. The molecule has 12 heteroatoms. The molecule has 3 heterocycles. The van der Waals surface area contributed by atoms with Crippen LogP contribution in [-0.2, 0) is 20.7 Å². The van der Waals surface area contributed by atoms with E-state index in [0.29, 0.717) is 6.42 Å². The highest BCUT2D eigenvalue weighted by Gasteiger charge is 2.48. The standard InChI is InChI=1S/C27H29N7O5/c28-24-20-25(34(14-29-20)27-22(37)21(36)23(39-27)26(38)30-16-8-9-16)32-18(31-24)7-4-12-33(17-10-11-17)19(35)13-15-5-2-1-3-6-15/h1-3,5-6,14,16-17,21-23,27,36-37H,8-13H2,(H,30,38)(H2,28,31,32)/t21?,22-,23+,27-/m1/s1. The van der Waals surface area contributed by atoms with E-state index in [1.165, 1.54) is 10.9 Å². The van der Waals surface area contributed by atoms with Crippen molar-refractivity contribution in [2.75, 3.05) is 12.3 Å². The Morgan fingerprint density at radius 1 is 1.13 bits per heavy atom. The van der Waals surface area contributed by atoms with Crippen LogP contribution in [0.4, 0.5) is 5.82 Å². The molecule has 5 N–H and O–H groups in total. The third-order valence-electron chi connectivity index (χ3n) is 7.10. The molecule has 39 heavy (non-hydrogen) atoms. The van der Waals surface area contributed by atoms with Crippen LogP contribution in [0.25, 0.3) is 11.2 Å². The molecule has 1 unspecified atom stereocenters. The lowest BCUT2D eigenvalue weighted by Crippen LogP contribution is -2.43. The summed E-state index contributed by atoms with van der Waals surface area (Å²) in [6, 6.07) is 9.85. The van der Waals surface area contributed by atoms with Crippen LogP contribution in [0.5, 0.6) is 0 Å². The van der Waals surface area contributed by atoms with Crippen LogP contribution in [0.3, 0.4) is 0 Å². The number of nitrogen functional groups attached to an aromatic ring is 1. The molecule has 2 aliphatic carbocycles. The Hall–Kier alpha value is -4.05. The van der Waals surface area contributed by atoms with Crippen molar-refractivity contribution in [2.24, 2.45) is 0 Å². The first-order chi connectivity index (χ1) is 18.9. The van der Waals surface area contributed by atoms with E-state index < -0.39 is 30.4 Å². The number of ether oxygens (including phenoxy) is 1. The van der Waals surface area contributed by atoms with E-state index in [9.17, 15) is 19.8 Å². The smallest absolute Gasteiger partial charge is 0.252 e. The second-order valence-electron chi connectivity index (χ2n) is 10.2. The van der Waals surface area contributed by atoms with Gasteiger partial charge in [-0.3, -0.25) is 14.2 Å². The molecule has 0 bridgehead atoms. The summed E-state index contributed by atoms with van der Waals surface area (Å²) in [4.78, 5) is 40.1. The van der Waals surface area contributed by atoms with Crippen molar-refractivity contribution in [3.8, 4) is 11.8 Å². The van der Waals surface area contributed by atoms with E-state index in [-0.39, 0.29) is 47.3 Å². The molecule has 0 radical (unpaired) electrons. The number of benzene rings is 1. The van der Waals surface area contributed by atoms with Crippen molar-refractivity contribution < 1.29 is 24.5 Å². The Labute approximate surface area is 224 Å². The zero-order chi connectivity index (χ0) is 27.1. The van der Waals surface area contributed by atoms with Crippen molar-refractivity contribution in [1.29, 1.82) is 0 Å². The molecular weight excluding hydrogens is 502 g/mol. The molecule has 2 saturated carbocycles. The number of aliphatic hydroxyl groups is 2. The number of aliphatic hydroxyl groups excluding tert-OH is 2. The summed E-state index contributed by atoms with van der Waals surface area (Å²) < 4.78 is 7.17. The molecule has 3 fully saturated rings. The molecule has 3 aliphatic rings. The molecule has 2 aromatic heterocycles. The molecule has 0 spiro atoms. The van der Waals surface area contributed by atoms with Gasteiger partial charge in [-0.05, 0) is 37.2 Å². The van der Waals surface area contributed by atoms with Gasteiger partial charge in [0.05, 0.1) is 19.3 Å². The molecule has 4 atom stereocenters. The second-order valence-corrected chi connectivity index (χ2v) is 10.2. The average molecular weight is 532 g/mol. The first-order valence-corrected chi connectivity index (χ1v) is 13.0. The zero-order valence-corrected chi connectivity index (χ0v) is 21.1. The quantitative estimate of drug-likeness (QED) is 0.304. The molecule has 2 amide bonds. The van der Waals surface area contributed by atoms with Crippen LogP contribution < -0.4 is 11.1 Å². The number of imidazole rings is 1. The van der Waals surface area contributed by atoms with Crippen molar-refractivity contribution in [3.63, 3.8) is 0 Å². The zero-order valence-electron chi connectivity index (χ0n) is 21.1. The van der Waals surface area contributed by atoms with E-state index in [2.05, 4.69) is 32.1 Å². The van der Waals surface area contributed by atoms with Gasteiger partial charge in [0.25, 0.3) is 5.91 Å². The molecule has 12 nitrogen and oxygen atoms in total. The number of hydrogen-bond donors (Lipinski definition) is 4. The lowest BCUT2D eigenvalue weighted by Gasteiger charge is -2.19. The third kappa shape index (κ3) is 5.29. The number of nitrogens with zero attached hydrogens (tertiary/aromatic N) is 5. The van der Waals surface area contributed by atoms with Crippen molar-refractivity contribution in [2.45, 2.75) is 68.7 Å². The highest BCUT2D eigenvalue weighted by atomic mass is 16.6. The minimum atomic E-state index is -1.42. The summed E-state index contributed by atoms with van der Waals surface area (Å²) in [5.41, 5.74) is 7.58. The van der Waals surface area contributed by atoms with Gasteiger partial charge in [0.2, 0.25) is 11.7 Å². The first-order valence-electron chi connectivity index (χ1n) is 13.0. The number of fused-ring (bicyclic) bond motifs is 1. The minimum Gasteiger partial charge on any atom is -0.387 e. The summed E-state index contributed by atoms with van der Waals surface area (Å²) in [6.07, 6.45) is 0.169. The fourth-order valence-electron chi connectivity index (χ4n) is 4.68. The predicted octanol–water partition coefficient (Wildman–Crippen LogP) is -0.108. The number of rotatable bonds is 7. The maximum Gasteiger partial charge on any atom is 0.252 e. The highest BCUT2D eigenvalue weighted by Crippen LogP contribution is 2.33. The van der Waals surface area contributed by atoms with Gasteiger partial charge in [-0.15, -0.1) is 0 Å². The fraction of sp³-hybridized carbons (Fsp3) is 0.444. The van der Waals surface area contributed by atoms with Gasteiger partial charge in [-0.25, -0.2) is 15.0 Å². The Morgan fingerprint density at radius 3 is 2.62 bits per heavy atom. The van der Waals surface area contributed by atoms with Crippen molar-refractivity contribution >= 4 is 28.8 Å². The third-order valence-corrected chi connectivity index (χ3v) is 7.10. The average Bonchev–Trinajstić information content (AvgIpc) is 3.85. The van der Waals surface area contributed by atoms with Gasteiger partial charge in [0.1, 0.15) is 17.7 Å². The minimum absolute atomic E-state index is 0.0122. The van der Waals surface area contributed by atoms with Crippen LogP contribution >= 0.6 is 0 Å². The van der Waals surface area contributed by atoms with Gasteiger partial charge < -0.3 is 30.9 Å². The summed E-state index contributed by atoms with van der Waals surface area (Å²) >= 11 is 0. The van der Waals surface area contributed by atoms with Crippen molar-refractivity contribution in [3.05, 3.63) is 48.0 Å². The Morgan fingerprint density at radius 2 is 1.90 bits per heavy atom. The van der Waals surface area contributed by atoms with E-state index in [1.54, 1.807) is 4.90 Å². The molecule has 3 aromatic rings. The van der Waals surface area contributed by atoms with Gasteiger partial charge in [0, 0.05) is 12.1 Å². The van der Waals surface area contributed by atoms with Crippen LogP contribution in [0, 0.1) is 11.8 Å². The van der Waals surface area contributed by atoms with Gasteiger partial charge >= 0.3 is 0 Å². The fourth-order valence-corrected chi connectivity index (χ4v) is 4.68. The largest absolute Gasteiger partial charge is 0.387 e. The van der Waals surface area contributed by atoms with E-state index in [4.69, 9.17) is 10.5 Å². The van der Waals surface area contributed by atoms with E-state index in [1.807, 2.05) is 30.3 Å². The summed E-state index contributed by atoms with van der Waals surface area (Å²) in [5, 5.41) is 23.9. The Bertz CT molecular complexity index is 1460. The molecule has 1 aromatic carbocycles. The monoisotopic (exact) mass is 531 g/mol. The van der Waals surface area contributed by atoms with Crippen LogP contribution in [0.1, 0.15) is 43.3 Å². The van der Waals surface area contributed by atoms with Gasteiger partial charge in [-0.1, -0.05) is 36.3 Å². The number of nitrogens with two attached hydrogens (primary N) is 1. The molecule has 202 valence electrons. The second kappa shape index (κ2) is 10.3. The topological polar surface area (TPSA) is 169 Å². The lowest BCUT2D eigenvalue weighted by atomic mass is 10.1. The number of aromatic nitrogens is 4. The molecule has 1 saturated heterocycles. The predicted molar refractivity (Wildman–Crippen MR) is 139 cm³/mol. The van der Waals surface area contributed by atoms with E-state index >= 15 is 0 Å². The van der Waals surface area contributed by atoms with E-state index in [0.717, 1.165) is 31.2 Å². The highest BCUT2D eigenvalue weighted by molar-refractivity contribution is 5.83. The summed E-state index contributed by atoms with van der Waals surface area (Å²) in [6.45, 7) is 0.228. The number of carbonyl (C=O) groups excluding carboxylic acids is 2. The SMILES string of the molecule is Nc1nc(C#CCN(C(=O)Cc2ccccc2)C2CC2)nc2c1ncn2[C@@H]1O[C@H](C(=O)NC2CC2)C(O)[C@H]1O. The van der Waals surface area contributed by atoms with Crippen LogP contribution in [0.15, 0.2) is 36.7 Å². The summed E-state index contributed by atoms with van der Waals surface area (Å²) in [7, 11) is 0. The number of amides is 2. The lowest BCUT2D eigenvalue weighted by molar-refractivity contribution is -0.137. The van der Waals surface area contributed by atoms with Crippen molar-refractivity contribution in [1.82, 2.24) is 29.7 Å². The first kappa shape index (κ1) is 25.2. The Kier molecular flexibility index (Phi) is 6.64. The molecule has 1 aliphatic heterocycles.